The van der Waals surface area contributed by atoms with E-state index in [1.165, 1.54) is 73.2 Å². The van der Waals surface area contributed by atoms with Crippen LogP contribution >= 0.6 is 0 Å². The van der Waals surface area contributed by atoms with Crippen molar-refractivity contribution in [3.63, 3.8) is 0 Å². The SMILES string of the molecule is CCC[CH2][Sn]([CH2]CCC)([CH2]CCC)[C]1=C[C@@H](OOC)[C@H](OOC)[C@@H](COOC)O1. The van der Waals surface area contributed by atoms with Gasteiger partial charge in [0.15, 0.2) is 0 Å². The molecule has 0 spiro atoms. The number of hydrogen-bond donors (Lipinski definition) is 0. The van der Waals surface area contributed by atoms with Crippen molar-refractivity contribution in [2.45, 2.75) is 90.9 Å². The van der Waals surface area contributed by atoms with Crippen LogP contribution in [0.5, 0.6) is 0 Å². The molecule has 7 nitrogen and oxygen atoms in total. The first kappa shape index (κ1) is 27.1. The number of unbranched alkanes of at least 4 members (excludes halogenated alkanes) is 3. The predicted octanol–water partition coefficient (Wildman–Crippen LogP) is 5.13. The quantitative estimate of drug-likeness (QED) is 0.148. The molecule has 0 aromatic heterocycles. The van der Waals surface area contributed by atoms with Crippen LogP contribution in [0.25, 0.3) is 0 Å². The average molecular weight is 525 g/mol. The van der Waals surface area contributed by atoms with Gasteiger partial charge in [0.2, 0.25) is 0 Å². The van der Waals surface area contributed by atoms with Crippen LogP contribution in [0.4, 0.5) is 0 Å². The Balaban J connectivity index is 3.29. The summed E-state index contributed by atoms with van der Waals surface area (Å²) in [6, 6.07) is 0. The Bertz CT molecular complexity index is 425. The zero-order valence-electron chi connectivity index (χ0n) is 19.2. The third-order valence-corrected chi connectivity index (χ3v) is 20.6. The first-order valence-electron chi connectivity index (χ1n) is 11.1. The molecular formula is C21H42O7Sn. The summed E-state index contributed by atoms with van der Waals surface area (Å²) < 4.78 is 11.6. The Hall–Kier alpha value is 0.0987. The van der Waals surface area contributed by atoms with Gasteiger partial charge in [-0.25, -0.2) is 0 Å². The molecule has 8 heteroatoms. The van der Waals surface area contributed by atoms with Crippen molar-refractivity contribution in [3.8, 4) is 0 Å². The van der Waals surface area contributed by atoms with Crippen molar-refractivity contribution in [1.82, 2.24) is 0 Å². The van der Waals surface area contributed by atoms with E-state index in [0.717, 1.165) is 3.78 Å². The van der Waals surface area contributed by atoms with E-state index in [4.69, 9.17) is 34.1 Å². The van der Waals surface area contributed by atoms with Crippen molar-refractivity contribution in [3.05, 3.63) is 9.85 Å². The Morgan fingerprint density at radius 3 is 1.83 bits per heavy atom. The molecule has 0 bridgehead atoms. The van der Waals surface area contributed by atoms with Gasteiger partial charge in [0.25, 0.3) is 0 Å². The van der Waals surface area contributed by atoms with Crippen molar-refractivity contribution < 1.29 is 34.1 Å². The number of rotatable bonds is 17. The summed E-state index contributed by atoms with van der Waals surface area (Å²) in [7, 11) is 4.47. The Morgan fingerprint density at radius 1 is 0.828 bits per heavy atom. The Labute approximate surface area is 181 Å². The van der Waals surface area contributed by atoms with E-state index in [1.807, 2.05) is 0 Å². The van der Waals surface area contributed by atoms with Gasteiger partial charge in [-0.05, 0) is 0 Å². The van der Waals surface area contributed by atoms with Crippen LogP contribution in [0, 0.1) is 0 Å². The minimum atomic E-state index is -2.79. The van der Waals surface area contributed by atoms with E-state index in [1.54, 1.807) is 0 Å². The first-order valence-corrected chi connectivity index (χ1v) is 18.5. The monoisotopic (exact) mass is 526 g/mol. The van der Waals surface area contributed by atoms with E-state index < -0.39 is 36.7 Å². The molecule has 172 valence electrons. The molecule has 0 saturated carbocycles. The third-order valence-electron chi connectivity index (χ3n) is 5.60. The van der Waals surface area contributed by atoms with Gasteiger partial charge in [-0.2, -0.15) is 0 Å². The van der Waals surface area contributed by atoms with Gasteiger partial charge in [-0.15, -0.1) is 0 Å². The van der Waals surface area contributed by atoms with Crippen molar-refractivity contribution in [2.75, 3.05) is 27.9 Å². The molecule has 1 aliphatic heterocycles. The van der Waals surface area contributed by atoms with Gasteiger partial charge < -0.3 is 0 Å². The summed E-state index contributed by atoms with van der Waals surface area (Å²) in [5, 5.41) is 0. The zero-order valence-corrected chi connectivity index (χ0v) is 22.1. The molecule has 0 aromatic rings. The molecule has 0 radical (unpaired) electrons. The number of ether oxygens (including phenoxy) is 1. The number of hydrogen-bond acceptors (Lipinski definition) is 7. The fourth-order valence-electron chi connectivity index (χ4n) is 4.00. The van der Waals surface area contributed by atoms with Crippen LogP contribution in [0.15, 0.2) is 9.85 Å². The molecule has 1 heterocycles. The molecular weight excluding hydrogens is 483 g/mol. The fourth-order valence-corrected chi connectivity index (χ4v) is 19.7. The van der Waals surface area contributed by atoms with E-state index in [0.29, 0.717) is 0 Å². The molecule has 0 aliphatic carbocycles. The van der Waals surface area contributed by atoms with E-state index in [2.05, 4.69) is 26.8 Å². The minimum absolute atomic E-state index is 0.225. The maximum absolute atomic E-state index is 6.60. The second-order valence-electron chi connectivity index (χ2n) is 7.68. The second-order valence-corrected chi connectivity index (χ2v) is 20.7. The van der Waals surface area contributed by atoms with Crippen LogP contribution in [-0.2, 0) is 34.1 Å². The zero-order chi connectivity index (χ0) is 21.5. The van der Waals surface area contributed by atoms with Crippen molar-refractivity contribution in [1.29, 1.82) is 0 Å². The van der Waals surface area contributed by atoms with Gasteiger partial charge in [0.05, 0.1) is 0 Å². The Kier molecular flexibility index (Phi) is 14.8. The molecule has 29 heavy (non-hydrogen) atoms. The van der Waals surface area contributed by atoms with Crippen LogP contribution in [0.2, 0.25) is 13.3 Å². The fraction of sp³-hybridized carbons (Fsp3) is 0.905. The summed E-state index contributed by atoms with van der Waals surface area (Å²) in [6.07, 6.45) is 8.13. The van der Waals surface area contributed by atoms with Crippen molar-refractivity contribution in [2.24, 2.45) is 0 Å². The summed E-state index contributed by atoms with van der Waals surface area (Å²) in [6.45, 7) is 7.02. The van der Waals surface area contributed by atoms with Crippen LogP contribution in [0.1, 0.15) is 59.3 Å². The topological polar surface area (TPSA) is 64.6 Å². The summed E-state index contributed by atoms with van der Waals surface area (Å²) in [4.78, 5) is 31.1. The van der Waals surface area contributed by atoms with E-state index >= 15 is 0 Å². The van der Waals surface area contributed by atoms with Crippen molar-refractivity contribution >= 4 is 18.4 Å². The molecule has 0 fully saturated rings. The first-order chi connectivity index (χ1) is 14.1. The summed E-state index contributed by atoms with van der Waals surface area (Å²) in [5.41, 5.74) is 0. The van der Waals surface area contributed by atoms with Crippen LogP contribution in [0.3, 0.4) is 0 Å². The van der Waals surface area contributed by atoms with Gasteiger partial charge in [0, 0.05) is 0 Å². The summed E-state index contributed by atoms with van der Waals surface area (Å²) >= 11 is -2.79. The molecule has 1 rings (SSSR count). The third kappa shape index (κ3) is 8.63. The van der Waals surface area contributed by atoms with Gasteiger partial charge in [0.1, 0.15) is 0 Å². The van der Waals surface area contributed by atoms with Gasteiger partial charge in [-0.1, -0.05) is 0 Å². The van der Waals surface area contributed by atoms with Crippen LogP contribution in [-0.4, -0.2) is 64.6 Å². The van der Waals surface area contributed by atoms with Crippen LogP contribution < -0.4 is 0 Å². The summed E-state index contributed by atoms with van der Waals surface area (Å²) in [5.74, 6) is 0. The Morgan fingerprint density at radius 2 is 1.38 bits per heavy atom. The molecule has 0 N–H and O–H groups in total. The van der Waals surface area contributed by atoms with Gasteiger partial charge in [-0.3, -0.25) is 0 Å². The van der Waals surface area contributed by atoms with E-state index in [9.17, 15) is 0 Å². The predicted molar refractivity (Wildman–Crippen MR) is 115 cm³/mol. The van der Waals surface area contributed by atoms with Gasteiger partial charge >= 0.3 is 181 Å². The molecule has 3 atom stereocenters. The molecule has 1 aliphatic rings. The normalized spacial score (nSPS) is 22.4. The molecule has 0 saturated heterocycles. The molecule has 0 aromatic carbocycles. The standard InChI is InChI=1S/C9H15O7.3C4H9.Sn/c1-10-14-6-8-9(16-12-3)7(15-11-2)4-5-13-8;3*1-3-4-2;/h4,7-9H,6H2,1-3H3;3*1,3-4H2,2H3;/t7-,8-,9+;;;;/m1..../s1. The second kappa shape index (κ2) is 15.8. The maximum atomic E-state index is 6.60. The molecule has 0 unspecified atom stereocenters. The molecule has 0 amide bonds. The van der Waals surface area contributed by atoms with E-state index in [-0.39, 0.29) is 6.61 Å². The average Bonchev–Trinajstić information content (AvgIpc) is 2.73.